The van der Waals surface area contributed by atoms with Crippen LogP contribution in [-0.4, -0.2) is 28.1 Å². The number of pyridine rings is 1. The first-order valence-electron chi connectivity index (χ1n) is 5.78. The van der Waals surface area contributed by atoms with Crippen molar-refractivity contribution < 1.29 is 19.4 Å². The molecule has 0 aromatic carbocycles. The molecule has 6 nitrogen and oxygen atoms in total. The molecule has 19 heavy (non-hydrogen) atoms. The van der Waals surface area contributed by atoms with Gasteiger partial charge in [-0.05, 0) is 19.9 Å². The number of aliphatic carboxylic acids is 1. The molecule has 102 valence electrons. The van der Waals surface area contributed by atoms with Crippen molar-refractivity contribution in [3.63, 3.8) is 0 Å². The third-order valence-electron chi connectivity index (χ3n) is 2.03. The minimum Gasteiger partial charge on any atom is -0.478 e. The molecule has 0 unspecified atom stereocenters. The van der Waals surface area contributed by atoms with Gasteiger partial charge in [-0.25, -0.2) is 9.78 Å². The fraction of sp³-hybridized carbons (Fsp3) is 0.308. The number of carbonyl (C=O) groups is 2. The molecule has 0 saturated heterocycles. The third kappa shape index (κ3) is 5.67. The maximum atomic E-state index is 11.3. The minimum absolute atomic E-state index is 0.0174. The topological polar surface area (TPSA) is 88.5 Å². The zero-order valence-electron chi connectivity index (χ0n) is 10.8. The van der Waals surface area contributed by atoms with Gasteiger partial charge in [0.2, 0.25) is 11.8 Å². The Hall–Kier alpha value is -2.37. The van der Waals surface area contributed by atoms with Gasteiger partial charge in [0.25, 0.3) is 0 Å². The van der Waals surface area contributed by atoms with Gasteiger partial charge in [-0.1, -0.05) is 6.07 Å². The molecular weight excluding hydrogens is 248 g/mol. The van der Waals surface area contributed by atoms with Crippen LogP contribution >= 0.6 is 0 Å². The van der Waals surface area contributed by atoms with E-state index < -0.39 is 11.9 Å². The van der Waals surface area contributed by atoms with Gasteiger partial charge in [0.15, 0.2) is 0 Å². The van der Waals surface area contributed by atoms with Crippen molar-refractivity contribution in [3.8, 4) is 5.88 Å². The van der Waals surface area contributed by atoms with E-state index in [1.165, 1.54) is 0 Å². The van der Waals surface area contributed by atoms with E-state index in [2.05, 4.69) is 10.3 Å². The molecule has 1 amide bonds. The molecule has 0 fully saturated rings. The zero-order chi connectivity index (χ0) is 14.3. The van der Waals surface area contributed by atoms with E-state index in [4.69, 9.17) is 9.84 Å². The number of amides is 1. The van der Waals surface area contributed by atoms with Crippen LogP contribution in [0.4, 0.5) is 0 Å². The summed E-state index contributed by atoms with van der Waals surface area (Å²) in [6.07, 6.45) is 3.33. The number of aromatic nitrogens is 1. The van der Waals surface area contributed by atoms with Gasteiger partial charge >= 0.3 is 5.97 Å². The Balaban J connectivity index is 2.62. The van der Waals surface area contributed by atoms with Crippen molar-refractivity contribution in [2.45, 2.75) is 26.5 Å². The number of rotatable bonds is 6. The maximum absolute atomic E-state index is 11.3. The highest BCUT2D eigenvalue weighted by Gasteiger charge is 2.07. The third-order valence-corrected chi connectivity index (χ3v) is 2.03. The van der Waals surface area contributed by atoms with Gasteiger partial charge < -0.3 is 15.2 Å². The first kappa shape index (κ1) is 14.7. The molecule has 0 saturated carbocycles. The largest absolute Gasteiger partial charge is 0.478 e. The number of carbonyl (C=O) groups excluding carboxylic acids is 1. The zero-order valence-corrected chi connectivity index (χ0v) is 10.8. The standard InChI is InChI=1S/C13H16N2O4/c1-9(2)19-13-10(4-3-7-14-13)8-15-11(16)5-6-12(17)18/h3-7,9H,8H2,1-2H3,(H,15,16)(H,17,18)/b6-5+. The fourth-order valence-electron chi connectivity index (χ4n) is 1.28. The summed E-state index contributed by atoms with van der Waals surface area (Å²) < 4.78 is 5.50. The summed E-state index contributed by atoms with van der Waals surface area (Å²) in [7, 11) is 0. The summed E-state index contributed by atoms with van der Waals surface area (Å²) in [6, 6.07) is 3.52. The fourth-order valence-corrected chi connectivity index (χ4v) is 1.28. The molecule has 0 aliphatic heterocycles. The van der Waals surface area contributed by atoms with E-state index in [0.29, 0.717) is 5.88 Å². The van der Waals surface area contributed by atoms with E-state index in [1.807, 2.05) is 13.8 Å². The number of hydrogen-bond donors (Lipinski definition) is 2. The summed E-state index contributed by atoms with van der Waals surface area (Å²) >= 11 is 0. The molecule has 0 aliphatic rings. The lowest BCUT2D eigenvalue weighted by Crippen LogP contribution is -2.21. The summed E-state index contributed by atoms with van der Waals surface area (Å²) in [6.45, 7) is 3.98. The highest BCUT2D eigenvalue weighted by Crippen LogP contribution is 2.15. The monoisotopic (exact) mass is 264 g/mol. The van der Waals surface area contributed by atoms with E-state index in [1.54, 1.807) is 18.3 Å². The molecule has 1 heterocycles. The van der Waals surface area contributed by atoms with Gasteiger partial charge in [0.05, 0.1) is 6.10 Å². The van der Waals surface area contributed by atoms with E-state index in [-0.39, 0.29) is 12.6 Å². The van der Waals surface area contributed by atoms with Crippen molar-refractivity contribution in [3.05, 3.63) is 36.0 Å². The average Bonchev–Trinajstić information content (AvgIpc) is 2.34. The molecule has 1 aromatic heterocycles. The molecule has 6 heteroatoms. The Morgan fingerprint density at radius 1 is 1.47 bits per heavy atom. The second-order valence-corrected chi connectivity index (χ2v) is 4.02. The van der Waals surface area contributed by atoms with Gasteiger partial charge in [-0.2, -0.15) is 0 Å². The number of nitrogens with one attached hydrogen (secondary N) is 1. The van der Waals surface area contributed by atoms with Crippen LogP contribution in [0.25, 0.3) is 0 Å². The number of carboxylic acids is 1. The molecule has 2 N–H and O–H groups in total. The Morgan fingerprint density at radius 3 is 2.84 bits per heavy atom. The quantitative estimate of drug-likeness (QED) is 0.752. The lowest BCUT2D eigenvalue weighted by Gasteiger charge is -2.12. The maximum Gasteiger partial charge on any atom is 0.328 e. The van der Waals surface area contributed by atoms with E-state index >= 15 is 0 Å². The van der Waals surface area contributed by atoms with Gasteiger partial charge in [-0.3, -0.25) is 4.79 Å². The molecule has 1 rings (SSSR count). The van der Waals surface area contributed by atoms with Crippen molar-refractivity contribution in [1.82, 2.24) is 10.3 Å². The smallest absolute Gasteiger partial charge is 0.328 e. The predicted molar refractivity (Wildman–Crippen MR) is 68.6 cm³/mol. The molecule has 1 aromatic rings. The first-order valence-corrected chi connectivity index (χ1v) is 5.78. The van der Waals surface area contributed by atoms with Gasteiger partial charge in [-0.15, -0.1) is 0 Å². The summed E-state index contributed by atoms with van der Waals surface area (Å²) in [5.41, 5.74) is 0.730. The Kier molecular flexibility index (Phi) is 5.53. The molecule has 0 spiro atoms. The normalized spacial score (nSPS) is 10.7. The van der Waals surface area contributed by atoms with E-state index in [9.17, 15) is 9.59 Å². The molecular formula is C13H16N2O4. The van der Waals surface area contributed by atoms with Crippen LogP contribution in [0.3, 0.4) is 0 Å². The minimum atomic E-state index is -1.17. The summed E-state index contributed by atoms with van der Waals surface area (Å²) in [5.74, 6) is -1.19. The van der Waals surface area contributed by atoms with Gasteiger partial charge in [0, 0.05) is 30.5 Å². The highest BCUT2D eigenvalue weighted by atomic mass is 16.5. The van der Waals surface area contributed by atoms with Crippen LogP contribution in [-0.2, 0) is 16.1 Å². The van der Waals surface area contributed by atoms with Crippen LogP contribution in [0, 0.1) is 0 Å². The summed E-state index contributed by atoms with van der Waals surface area (Å²) in [5, 5.41) is 11.0. The van der Waals surface area contributed by atoms with Crippen LogP contribution < -0.4 is 10.1 Å². The van der Waals surface area contributed by atoms with Crippen LogP contribution in [0.1, 0.15) is 19.4 Å². The van der Waals surface area contributed by atoms with Crippen molar-refractivity contribution >= 4 is 11.9 Å². The van der Waals surface area contributed by atoms with Crippen LogP contribution in [0.2, 0.25) is 0 Å². The summed E-state index contributed by atoms with van der Waals surface area (Å²) in [4.78, 5) is 25.7. The SMILES string of the molecule is CC(C)Oc1ncccc1CNC(=O)/C=C/C(=O)O. The van der Waals surface area contributed by atoms with Crippen molar-refractivity contribution in [2.24, 2.45) is 0 Å². The molecule has 0 radical (unpaired) electrons. The van der Waals surface area contributed by atoms with Crippen molar-refractivity contribution in [2.75, 3.05) is 0 Å². The van der Waals surface area contributed by atoms with Crippen molar-refractivity contribution in [1.29, 1.82) is 0 Å². The lowest BCUT2D eigenvalue weighted by molar-refractivity contribution is -0.131. The second-order valence-electron chi connectivity index (χ2n) is 4.02. The Labute approximate surface area is 111 Å². The number of hydrogen-bond acceptors (Lipinski definition) is 4. The van der Waals surface area contributed by atoms with Crippen LogP contribution in [0.5, 0.6) is 5.88 Å². The lowest BCUT2D eigenvalue weighted by atomic mass is 10.2. The molecule has 0 bridgehead atoms. The molecule has 0 aliphatic carbocycles. The average molecular weight is 264 g/mol. The Morgan fingerprint density at radius 2 is 2.21 bits per heavy atom. The Bertz CT molecular complexity index is 483. The number of nitrogens with zero attached hydrogens (tertiary/aromatic N) is 1. The second kappa shape index (κ2) is 7.15. The highest BCUT2D eigenvalue weighted by molar-refractivity contribution is 5.93. The van der Waals surface area contributed by atoms with Gasteiger partial charge in [0.1, 0.15) is 0 Å². The van der Waals surface area contributed by atoms with E-state index in [0.717, 1.165) is 17.7 Å². The number of carboxylic acid groups (broad SMARTS) is 1. The number of ether oxygens (including phenoxy) is 1. The molecule has 0 atom stereocenters. The van der Waals surface area contributed by atoms with Crippen LogP contribution in [0.15, 0.2) is 30.5 Å². The first-order chi connectivity index (χ1) is 8.99. The predicted octanol–water partition coefficient (Wildman–Crippen LogP) is 1.13.